The molecule has 4 heteroatoms. The van der Waals surface area contributed by atoms with Crippen LogP contribution < -0.4 is 0 Å². The van der Waals surface area contributed by atoms with Crippen molar-refractivity contribution in [1.29, 1.82) is 0 Å². The van der Waals surface area contributed by atoms with E-state index in [4.69, 9.17) is 4.42 Å². The van der Waals surface area contributed by atoms with Crippen LogP contribution in [0.5, 0.6) is 0 Å². The van der Waals surface area contributed by atoms with Gasteiger partial charge in [0.25, 0.3) is 5.91 Å². The highest BCUT2D eigenvalue weighted by molar-refractivity contribution is 5.91. The van der Waals surface area contributed by atoms with Crippen molar-refractivity contribution in [2.24, 2.45) is 0 Å². The molecular weight excluding hydrogens is 240 g/mol. The summed E-state index contributed by atoms with van der Waals surface area (Å²) in [5, 5.41) is 0. The molecule has 1 aromatic heterocycles. The third-order valence-corrected chi connectivity index (χ3v) is 3.79. The summed E-state index contributed by atoms with van der Waals surface area (Å²) in [5.41, 5.74) is 0. The van der Waals surface area contributed by atoms with E-state index in [0.29, 0.717) is 5.76 Å². The van der Waals surface area contributed by atoms with Crippen molar-refractivity contribution < 1.29 is 9.21 Å². The molecule has 4 nitrogen and oxygen atoms in total. The Labute approximate surface area is 115 Å². The summed E-state index contributed by atoms with van der Waals surface area (Å²) < 4.78 is 5.70. The van der Waals surface area contributed by atoms with Gasteiger partial charge in [0, 0.05) is 13.1 Å². The Morgan fingerprint density at radius 3 is 2.53 bits per heavy atom. The molecule has 0 bridgehead atoms. The number of piperidine rings is 1. The maximum absolute atomic E-state index is 12.3. The molecule has 0 atom stereocenters. The number of rotatable bonds is 5. The van der Waals surface area contributed by atoms with Crippen molar-refractivity contribution in [1.82, 2.24) is 9.80 Å². The lowest BCUT2D eigenvalue weighted by atomic mass is 10.1. The third-order valence-electron chi connectivity index (χ3n) is 3.79. The second-order valence-electron chi connectivity index (χ2n) is 5.08. The van der Waals surface area contributed by atoms with Crippen LogP contribution in [0.25, 0.3) is 0 Å². The summed E-state index contributed by atoms with van der Waals surface area (Å²) in [4.78, 5) is 16.4. The van der Waals surface area contributed by atoms with Gasteiger partial charge in [-0.2, -0.15) is 0 Å². The van der Waals surface area contributed by atoms with Gasteiger partial charge in [0.1, 0.15) is 5.76 Å². The number of hydrogen-bond acceptors (Lipinski definition) is 3. The number of furan rings is 1. The average Bonchev–Trinajstić information content (AvgIpc) is 2.93. The lowest BCUT2D eigenvalue weighted by molar-refractivity contribution is 0.0688. The average molecular weight is 264 g/mol. The lowest BCUT2D eigenvalue weighted by Gasteiger charge is -2.25. The summed E-state index contributed by atoms with van der Waals surface area (Å²) in [5.74, 6) is 1.42. The molecule has 0 spiro atoms. The summed E-state index contributed by atoms with van der Waals surface area (Å²) in [6, 6.07) is 3.74. The predicted molar refractivity (Wildman–Crippen MR) is 75.1 cm³/mol. The van der Waals surface area contributed by atoms with Gasteiger partial charge in [0.15, 0.2) is 5.76 Å². The first-order chi connectivity index (χ1) is 9.24. The summed E-state index contributed by atoms with van der Waals surface area (Å²) in [7, 11) is 0. The molecule has 2 heterocycles. The van der Waals surface area contributed by atoms with Crippen molar-refractivity contribution in [2.45, 2.75) is 39.7 Å². The van der Waals surface area contributed by atoms with Crippen LogP contribution in [0, 0.1) is 0 Å². The van der Waals surface area contributed by atoms with Gasteiger partial charge in [-0.3, -0.25) is 9.69 Å². The monoisotopic (exact) mass is 264 g/mol. The minimum Gasteiger partial charge on any atom is -0.455 e. The topological polar surface area (TPSA) is 36.7 Å². The number of carbonyl (C=O) groups excluding carboxylic acids is 1. The zero-order valence-corrected chi connectivity index (χ0v) is 12.0. The highest BCUT2D eigenvalue weighted by Gasteiger charge is 2.21. The Hall–Kier alpha value is -1.29. The number of hydrogen-bond donors (Lipinski definition) is 0. The van der Waals surface area contributed by atoms with Gasteiger partial charge in [-0.05, 0) is 44.5 Å². The normalized spacial score (nSPS) is 16.1. The van der Waals surface area contributed by atoms with Gasteiger partial charge in [0.2, 0.25) is 0 Å². The molecule has 1 amide bonds. The molecule has 1 aliphatic rings. The molecule has 0 aliphatic carbocycles. The SMILES string of the molecule is CCN(CC)Cc1ccc(C(=O)N2CCCCC2)o1. The highest BCUT2D eigenvalue weighted by Crippen LogP contribution is 2.16. The van der Waals surface area contributed by atoms with E-state index in [0.717, 1.165) is 51.3 Å². The van der Waals surface area contributed by atoms with Crippen LogP contribution in [0.3, 0.4) is 0 Å². The Morgan fingerprint density at radius 1 is 1.21 bits per heavy atom. The van der Waals surface area contributed by atoms with Crippen LogP contribution in [0.2, 0.25) is 0 Å². The van der Waals surface area contributed by atoms with Crippen LogP contribution >= 0.6 is 0 Å². The molecule has 0 unspecified atom stereocenters. The van der Waals surface area contributed by atoms with Gasteiger partial charge >= 0.3 is 0 Å². The van der Waals surface area contributed by atoms with Crippen molar-refractivity contribution in [3.8, 4) is 0 Å². The number of carbonyl (C=O) groups is 1. The third kappa shape index (κ3) is 3.60. The van der Waals surface area contributed by atoms with E-state index < -0.39 is 0 Å². The first kappa shape index (κ1) is 14.1. The smallest absolute Gasteiger partial charge is 0.289 e. The van der Waals surface area contributed by atoms with Crippen LogP contribution in [0.15, 0.2) is 16.5 Å². The largest absolute Gasteiger partial charge is 0.455 e. The Balaban J connectivity index is 1.97. The molecule has 1 aromatic rings. The maximum Gasteiger partial charge on any atom is 0.289 e. The van der Waals surface area contributed by atoms with Crippen molar-refractivity contribution in [3.05, 3.63) is 23.7 Å². The van der Waals surface area contributed by atoms with Gasteiger partial charge in [0.05, 0.1) is 6.54 Å². The second kappa shape index (κ2) is 6.75. The van der Waals surface area contributed by atoms with Gasteiger partial charge in [-0.1, -0.05) is 13.8 Å². The molecule has 1 fully saturated rings. The Kier molecular flexibility index (Phi) is 5.02. The first-order valence-electron chi connectivity index (χ1n) is 7.35. The lowest BCUT2D eigenvalue weighted by Crippen LogP contribution is -2.35. The van der Waals surface area contributed by atoms with E-state index in [-0.39, 0.29) is 5.91 Å². The zero-order valence-electron chi connectivity index (χ0n) is 12.0. The van der Waals surface area contributed by atoms with Crippen LogP contribution in [-0.4, -0.2) is 41.9 Å². The minimum absolute atomic E-state index is 0.0468. The number of nitrogens with zero attached hydrogens (tertiary/aromatic N) is 2. The van der Waals surface area contributed by atoms with E-state index in [1.54, 1.807) is 0 Å². The van der Waals surface area contributed by atoms with Crippen LogP contribution in [-0.2, 0) is 6.54 Å². The van der Waals surface area contributed by atoms with E-state index in [1.165, 1.54) is 6.42 Å². The molecule has 2 rings (SSSR count). The molecule has 19 heavy (non-hydrogen) atoms. The maximum atomic E-state index is 12.3. The molecule has 0 aromatic carbocycles. The van der Waals surface area contributed by atoms with E-state index in [9.17, 15) is 4.79 Å². The molecule has 0 radical (unpaired) electrons. The highest BCUT2D eigenvalue weighted by atomic mass is 16.4. The van der Waals surface area contributed by atoms with Gasteiger partial charge < -0.3 is 9.32 Å². The molecule has 0 saturated carbocycles. The second-order valence-corrected chi connectivity index (χ2v) is 5.08. The van der Waals surface area contributed by atoms with E-state index >= 15 is 0 Å². The Morgan fingerprint density at radius 2 is 1.89 bits per heavy atom. The molecule has 1 saturated heterocycles. The minimum atomic E-state index is 0.0468. The van der Waals surface area contributed by atoms with Crippen molar-refractivity contribution in [2.75, 3.05) is 26.2 Å². The van der Waals surface area contributed by atoms with Crippen molar-refractivity contribution >= 4 is 5.91 Å². The predicted octanol–water partition coefficient (Wildman–Crippen LogP) is 2.75. The molecule has 1 aliphatic heterocycles. The van der Waals surface area contributed by atoms with Gasteiger partial charge in [-0.15, -0.1) is 0 Å². The fraction of sp³-hybridized carbons (Fsp3) is 0.667. The van der Waals surface area contributed by atoms with E-state index in [1.807, 2.05) is 17.0 Å². The summed E-state index contributed by atoms with van der Waals surface area (Å²) >= 11 is 0. The fourth-order valence-electron chi connectivity index (χ4n) is 2.50. The standard InChI is InChI=1S/C15H24N2O2/c1-3-16(4-2)12-13-8-9-14(19-13)15(18)17-10-6-5-7-11-17/h8-9H,3-7,10-12H2,1-2H3. The van der Waals surface area contributed by atoms with Crippen LogP contribution in [0.1, 0.15) is 49.4 Å². The molecule has 106 valence electrons. The summed E-state index contributed by atoms with van der Waals surface area (Å²) in [6.07, 6.45) is 3.45. The molecular formula is C15H24N2O2. The number of likely N-dealkylation sites (tertiary alicyclic amines) is 1. The summed E-state index contributed by atoms with van der Waals surface area (Å²) in [6.45, 7) is 8.76. The van der Waals surface area contributed by atoms with Crippen LogP contribution in [0.4, 0.5) is 0 Å². The molecule has 0 N–H and O–H groups in total. The van der Waals surface area contributed by atoms with E-state index in [2.05, 4.69) is 18.7 Å². The van der Waals surface area contributed by atoms with Crippen molar-refractivity contribution in [3.63, 3.8) is 0 Å². The fourth-order valence-corrected chi connectivity index (χ4v) is 2.50. The Bertz CT molecular complexity index is 404. The quantitative estimate of drug-likeness (QED) is 0.820. The zero-order chi connectivity index (χ0) is 13.7. The van der Waals surface area contributed by atoms with Gasteiger partial charge in [-0.25, -0.2) is 0 Å². The number of amides is 1. The first-order valence-corrected chi connectivity index (χ1v) is 7.35.